The van der Waals surface area contributed by atoms with Crippen molar-refractivity contribution >= 4 is 27.3 Å². The minimum Gasteiger partial charge on any atom is -0.497 e. The number of methoxy groups -OCH3 is 1. The zero-order valence-corrected chi connectivity index (χ0v) is 16.2. The fourth-order valence-corrected chi connectivity index (χ4v) is 3.65. The highest BCUT2D eigenvalue weighted by atomic mass is 32.2. The van der Waals surface area contributed by atoms with E-state index in [2.05, 4.69) is 9.82 Å². The topological polar surface area (TPSA) is 88.1 Å². The van der Waals surface area contributed by atoms with Crippen LogP contribution in [0.4, 0.5) is 5.69 Å². The Hall–Kier alpha value is -2.87. The molecule has 0 saturated carbocycles. The second-order valence-electron chi connectivity index (χ2n) is 6.32. The molecule has 142 valence electrons. The maximum Gasteiger partial charge on any atom is 0.240 e. The minimum absolute atomic E-state index is 0.181. The molecule has 0 aliphatic carbocycles. The van der Waals surface area contributed by atoms with Crippen molar-refractivity contribution < 1.29 is 17.9 Å². The number of amides is 1. The predicted molar refractivity (Wildman–Crippen MR) is 104 cm³/mol. The van der Waals surface area contributed by atoms with Crippen molar-refractivity contribution in [3.05, 3.63) is 59.7 Å². The van der Waals surface area contributed by atoms with Crippen LogP contribution < -0.4 is 9.46 Å². The molecule has 0 fully saturated rings. The van der Waals surface area contributed by atoms with Gasteiger partial charge >= 0.3 is 0 Å². The molecular formula is C19H21N3O4S. The van der Waals surface area contributed by atoms with Gasteiger partial charge in [-0.3, -0.25) is 9.52 Å². The van der Waals surface area contributed by atoms with Gasteiger partial charge in [-0.25, -0.2) is 13.4 Å². The number of nitrogens with zero attached hydrogens (tertiary/aromatic N) is 2. The number of rotatable bonds is 5. The lowest BCUT2D eigenvalue weighted by atomic mass is 9.97. The standard InChI is InChI=1S/C19H21N3O4S/c1-13(23)22-19(14-8-10-15(26-2)11-9-14)12-18(20-22)16-6-4-5-7-17(16)21-27(3,24)25/h4-11,19,21H,12H2,1-3H3. The Kier molecular flexibility index (Phi) is 5.18. The van der Waals surface area contributed by atoms with E-state index in [-0.39, 0.29) is 11.9 Å². The first-order valence-electron chi connectivity index (χ1n) is 8.37. The summed E-state index contributed by atoms with van der Waals surface area (Å²) in [6.45, 7) is 1.46. The molecule has 0 radical (unpaired) electrons. The van der Waals surface area contributed by atoms with E-state index in [4.69, 9.17) is 4.74 Å². The lowest BCUT2D eigenvalue weighted by Gasteiger charge is -2.20. The van der Waals surface area contributed by atoms with Crippen molar-refractivity contribution in [1.29, 1.82) is 0 Å². The molecule has 1 N–H and O–H groups in total. The summed E-state index contributed by atoms with van der Waals surface area (Å²) in [5.74, 6) is 0.550. The number of carbonyl (C=O) groups excluding carboxylic acids is 1. The molecule has 1 atom stereocenters. The Bertz CT molecular complexity index is 984. The second kappa shape index (κ2) is 7.40. The van der Waals surface area contributed by atoms with E-state index < -0.39 is 10.0 Å². The van der Waals surface area contributed by atoms with E-state index in [1.807, 2.05) is 30.3 Å². The Morgan fingerprint density at radius 3 is 2.44 bits per heavy atom. The molecule has 2 aromatic carbocycles. The molecule has 1 aliphatic rings. The smallest absolute Gasteiger partial charge is 0.240 e. The van der Waals surface area contributed by atoms with Crippen molar-refractivity contribution in [2.75, 3.05) is 18.1 Å². The summed E-state index contributed by atoms with van der Waals surface area (Å²) in [7, 11) is -1.84. The van der Waals surface area contributed by atoms with Gasteiger partial charge in [0.1, 0.15) is 5.75 Å². The molecule has 0 aromatic heterocycles. The van der Waals surface area contributed by atoms with Gasteiger partial charge in [0.25, 0.3) is 0 Å². The van der Waals surface area contributed by atoms with Crippen molar-refractivity contribution in [2.45, 2.75) is 19.4 Å². The minimum atomic E-state index is -3.43. The highest BCUT2D eigenvalue weighted by Gasteiger charge is 2.32. The Morgan fingerprint density at radius 1 is 1.19 bits per heavy atom. The van der Waals surface area contributed by atoms with E-state index in [1.54, 1.807) is 25.3 Å². The van der Waals surface area contributed by atoms with Crippen LogP contribution in [0.3, 0.4) is 0 Å². The SMILES string of the molecule is COc1ccc(C2CC(c3ccccc3NS(C)(=O)=O)=NN2C(C)=O)cc1. The summed E-state index contributed by atoms with van der Waals surface area (Å²) in [6, 6.07) is 14.3. The van der Waals surface area contributed by atoms with Gasteiger partial charge in [-0.1, -0.05) is 30.3 Å². The summed E-state index contributed by atoms with van der Waals surface area (Å²) >= 11 is 0. The van der Waals surface area contributed by atoms with E-state index in [9.17, 15) is 13.2 Å². The van der Waals surface area contributed by atoms with Crippen LogP contribution in [0.2, 0.25) is 0 Å². The molecule has 3 rings (SSSR count). The van der Waals surface area contributed by atoms with Gasteiger partial charge in [0.2, 0.25) is 15.9 Å². The number of nitrogens with one attached hydrogen (secondary N) is 1. The third-order valence-corrected chi connectivity index (χ3v) is 4.86. The van der Waals surface area contributed by atoms with Crippen LogP contribution in [0.25, 0.3) is 0 Å². The molecule has 2 aromatic rings. The number of carbonyl (C=O) groups is 1. The summed E-state index contributed by atoms with van der Waals surface area (Å²) in [5.41, 5.74) is 2.68. The molecule has 27 heavy (non-hydrogen) atoms. The Morgan fingerprint density at radius 2 is 1.85 bits per heavy atom. The molecule has 0 bridgehead atoms. The third kappa shape index (κ3) is 4.28. The van der Waals surface area contributed by atoms with Crippen molar-refractivity contribution in [2.24, 2.45) is 5.10 Å². The quantitative estimate of drug-likeness (QED) is 0.854. The molecule has 0 spiro atoms. The molecule has 0 saturated heterocycles. The van der Waals surface area contributed by atoms with Gasteiger partial charge < -0.3 is 4.74 Å². The number of para-hydroxylation sites is 1. The van der Waals surface area contributed by atoms with Gasteiger partial charge in [-0.05, 0) is 23.8 Å². The molecule has 1 aliphatic heterocycles. The van der Waals surface area contributed by atoms with Crippen LogP contribution >= 0.6 is 0 Å². The van der Waals surface area contributed by atoms with Crippen LogP contribution in [0.15, 0.2) is 53.6 Å². The van der Waals surface area contributed by atoms with Gasteiger partial charge in [-0.2, -0.15) is 5.10 Å². The molecular weight excluding hydrogens is 366 g/mol. The van der Waals surface area contributed by atoms with Crippen molar-refractivity contribution in [1.82, 2.24) is 5.01 Å². The highest BCUT2D eigenvalue weighted by Crippen LogP contribution is 2.35. The zero-order valence-electron chi connectivity index (χ0n) is 15.3. The van der Waals surface area contributed by atoms with Crippen LogP contribution in [0, 0.1) is 0 Å². The number of hydrogen-bond acceptors (Lipinski definition) is 5. The first kappa shape index (κ1) is 18.9. The first-order valence-corrected chi connectivity index (χ1v) is 10.3. The third-order valence-electron chi connectivity index (χ3n) is 4.27. The highest BCUT2D eigenvalue weighted by molar-refractivity contribution is 7.92. The lowest BCUT2D eigenvalue weighted by Crippen LogP contribution is -2.24. The summed E-state index contributed by atoms with van der Waals surface area (Å²) in [5, 5.41) is 5.92. The van der Waals surface area contributed by atoms with Crippen molar-refractivity contribution in [3.8, 4) is 5.75 Å². The number of sulfonamides is 1. The molecule has 1 amide bonds. The van der Waals surface area contributed by atoms with Gasteiger partial charge in [0.05, 0.1) is 30.8 Å². The molecule has 1 heterocycles. The average Bonchev–Trinajstić information content (AvgIpc) is 3.06. The number of benzene rings is 2. The number of hydrogen-bond donors (Lipinski definition) is 1. The number of ether oxygens (including phenoxy) is 1. The largest absolute Gasteiger partial charge is 0.497 e. The summed E-state index contributed by atoms with van der Waals surface area (Å²) in [6.07, 6.45) is 1.58. The van der Waals surface area contributed by atoms with E-state index in [1.165, 1.54) is 11.9 Å². The van der Waals surface area contributed by atoms with Gasteiger partial charge in [-0.15, -0.1) is 0 Å². The van der Waals surface area contributed by atoms with E-state index in [0.717, 1.165) is 17.6 Å². The monoisotopic (exact) mass is 387 g/mol. The lowest BCUT2D eigenvalue weighted by molar-refractivity contribution is -0.130. The maximum absolute atomic E-state index is 12.1. The van der Waals surface area contributed by atoms with Gasteiger partial charge in [0.15, 0.2) is 0 Å². The zero-order chi connectivity index (χ0) is 19.6. The summed E-state index contributed by atoms with van der Waals surface area (Å²) < 4.78 is 31.0. The Labute approximate surface area is 158 Å². The second-order valence-corrected chi connectivity index (χ2v) is 8.07. The first-order chi connectivity index (χ1) is 12.8. The average molecular weight is 387 g/mol. The fraction of sp³-hybridized carbons (Fsp3) is 0.263. The number of hydrazone groups is 1. The van der Waals surface area contributed by atoms with Gasteiger partial charge in [0, 0.05) is 18.9 Å². The maximum atomic E-state index is 12.1. The molecule has 8 heteroatoms. The van der Waals surface area contributed by atoms with Crippen LogP contribution in [-0.4, -0.2) is 38.4 Å². The molecule has 1 unspecified atom stereocenters. The van der Waals surface area contributed by atoms with Crippen LogP contribution in [-0.2, 0) is 14.8 Å². The Balaban J connectivity index is 1.96. The summed E-state index contributed by atoms with van der Waals surface area (Å²) in [4.78, 5) is 12.1. The van der Waals surface area contributed by atoms with E-state index in [0.29, 0.717) is 23.4 Å². The number of anilines is 1. The normalized spacial score (nSPS) is 16.8. The van der Waals surface area contributed by atoms with Crippen LogP contribution in [0.5, 0.6) is 5.75 Å². The fourth-order valence-electron chi connectivity index (χ4n) is 3.07. The molecule has 7 nitrogen and oxygen atoms in total. The van der Waals surface area contributed by atoms with E-state index >= 15 is 0 Å². The van der Waals surface area contributed by atoms with Crippen LogP contribution in [0.1, 0.15) is 30.5 Å². The van der Waals surface area contributed by atoms with Crippen molar-refractivity contribution in [3.63, 3.8) is 0 Å². The predicted octanol–water partition coefficient (Wildman–Crippen LogP) is 2.76.